The van der Waals surface area contributed by atoms with Crippen LogP contribution >= 0.6 is 0 Å². The number of aryl methyl sites for hydroxylation is 2. The maximum absolute atomic E-state index is 12.9. The fourth-order valence-electron chi connectivity index (χ4n) is 8.68. The van der Waals surface area contributed by atoms with Crippen LogP contribution in [-0.4, -0.2) is 84.9 Å². The summed E-state index contributed by atoms with van der Waals surface area (Å²) in [5.74, 6) is 1.30. The summed E-state index contributed by atoms with van der Waals surface area (Å²) in [6.07, 6.45) is 3.41. The molecule has 4 aliphatic rings. The van der Waals surface area contributed by atoms with Gasteiger partial charge in [0.1, 0.15) is 29.4 Å². The SMILES string of the molecule is NC(=O)c1c(-c2ccc(OCc3ccccc3)cc2)nn2c1Nc1ccc(N3CCN(CC4CCN(c5ccc(N6CCC(=O)NC6=O)cc5)CC4)CC3)cc1CC2. The number of rotatable bonds is 10. The zero-order chi connectivity index (χ0) is 39.6. The van der Waals surface area contributed by atoms with Crippen molar-refractivity contribution in [3.8, 4) is 17.0 Å². The lowest BCUT2D eigenvalue weighted by molar-refractivity contribution is -0.120. The van der Waals surface area contributed by atoms with Gasteiger partial charge in [-0.25, -0.2) is 9.48 Å². The summed E-state index contributed by atoms with van der Waals surface area (Å²) >= 11 is 0. The Balaban J connectivity index is 0.773. The molecule has 0 spiro atoms. The lowest BCUT2D eigenvalue weighted by atomic mass is 9.95. The fourth-order valence-corrected chi connectivity index (χ4v) is 8.68. The average molecular weight is 780 g/mol. The largest absolute Gasteiger partial charge is 0.489 e. The number of urea groups is 1. The molecule has 0 unspecified atom stereocenters. The monoisotopic (exact) mass is 779 g/mol. The first-order chi connectivity index (χ1) is 28.3. The Kier molecular flexibility index (Phi) is 10.4. The Labute approximate surface area is 338 Å². The minimum atomic E-state index is -0.520. The third-order valence-corrected chi connectivity index (χ3v) is 12.0. The first-order valence-electron chi connectivity index (χ1n) is 20.4. The highest BCUT2D eigenvalue weighted by atomic mass is 16.5. The van der Waals surface area contributed by atoms with Crippen LogP contribution in [0.15, 0.2) is 97.1 Å². The molecular formula is C45H49N9O4. The van der Waals surface area contributed by atoms with Crippen molar-refractivity contribution >= 4 is 46.4 Å². The number of imide groups is 1. The molecule has 0 bridgehead atoms. The van der Waals surface area contributed by atoms with Crippen molar-refractivity contribution in [3.63, 3.8) is 0 Å². The van der Waals surface area contributed by atoms with Crippen LogP contribution in [0.3, 0.4) is 0 Å². The van der Waals surface area contributed by atoms with Crippen LogP contribution in [0.25, 0.3) is 11.3 Å². The second-order valence-corrected chi connectivity index (χ2v) is 15.7. The topological polar surface area (TPSA) is 141 Å². The predicted octanol–water partition coefficient (Wildman–Crippen LogP) is 6.01. The number of aromatic nitrogens is 2. The molecule has 3 fully saturated rings. The summed E-state index contributed by atoms with van der Waals surface area (Å²) in [4.78, 5) is 45.8. The number of fused-ring (bicyclic) bond motifs is 2. The van der Waals surface area contributed by atoms with Gasteiger partial charge >= 0.3 is 6.03 Å². The van der Waals surface area contributed by atoms with E-state index in [2.05, 4.69) is 55.7 Å². The van der Waals surface area contributed by atoms with E-state index in [0.29, 0.717) is 49.1 Å². The van der Waals surface area contributed by atoms with Crippen LogP contribution in [0.1, 0.15) is 40.7 Å². The zero-order valence-corrected chi connectivity index (χ0v) is 32.6. The molecule has 58 heavy (non-hydrogen) atoms. The highest BCUT2D eigenvalue weighted by Crippen LogP contribution is 2.36. The van der Waals surface area contributed by atoms with Crippen molar-refractivity contribution in [1.82, 2.24) is 20.0 Å². The number of ether oxygens (including phenoxy) is 1. The van der Waals surface area contributed by atoms with Gasteiger partial charge in [0.2, 0.25) is 5.91 Å². The zero-order valence-electron chi connectivity index (χ0n) is 32.6. The van der Waals surface area contributed by atoms with Crippen molar-refractivity contribution in [3.05, 3.63) is 114 Å². The van der Waals surface area contributed by atoms with E-state index in [-0.39, 0.29) is 11.9 Å². The van der Waals surface area contributed by atoms with Gasteiger partial charge < -0.3 is 25.6 Å². The lowest BCUT2D eigenvalue weighted by Crippen LogP contribution is -2.49. The number of primary amides is 1. The summed E-state index contributed by atoms with van der Waals surface area (Å²) < 4.78 is 7.84. The second kappa shape index (κ2) is 16.3. The van der Waals surface area contributed by atoms with Crippen molar-refractivity contribution in [1.29, 1.82) is 0 Å². The third-order valence-electron chi connectivity index (χ3n) is 12.0. The van der Waals surface area contributed by atoms with Gasteiger partial charge in [0.25, 0.3) is 5.91 Å². The molecule has 4 amide bonds. The van der Waals surface area contributed by atoms with E-state index in [4.69, 9.17) is 15.6 Å². The Hall–Kier alpha value is -6.34. The smallest absolute Gasteiger partial charge is 0.328 e. The molecule has 13 nitrogen and oxygen atoms in total. The van der Waals surface area contributed by atoms with E-state index in [9.17, 15) is 14.4 Å². The maximum Gasteiger partial charge on any atom is 0.328 e. The van der Waals surface area contributed by atoms with Crippen LogP contribution in [0.4, 0.5) is 33.4 Å². The molecule has 3 saturated heterocycles. The molecule has 0 atom stereocenters. The number of carbonyl (C=O) groups is 3. The highest BCUT2D eigenvalue weighted by Gasteiger charge is 2.29. The molecule has 0 aliphatic carbocycles. The van der Waals surface area contributed by atoms with E-state index in [1.807, 2.05) is 71.4 Å². The molecule has 5 heterocycles. The molecule has 4 aromatic carbocycles. The van der Waals surface area contributed by atoms with Crippen LogP contribution < -0.4 is 35.8 Å². The van der Waals surface area contributed by atoms with E-state index >= 15 is 0 Å². The van der Waals surface area contributed by atoms with Gasteiger partial charge in [-0.3, -0.25) is 24.7 Å². The minimum absolute atomic E-state index is 0.219. The van der Waals surface area contributed by atoms with Gasteiger partial charge in [0.15, 0.2) is 0 Å². The Morgan fingerprint density at radius 1 is 0.741 bits per heavy atom. The standard InChI is InChI=1S/C45H49N9O4/c46-43(56)41-42(33-6-13-38(14-7-33)58-30-32-4-2-1-3-5-32)49-54-23-18-34-28-37(12-15-39(34)47-44(41)54)52-26-24-50(25-27-52)29-31-16-20-51(21-17-31)35-8-10-36(11-9-35)53-22-19-40(55)48-45(53)57/h1-15,28,31,47H,16-27,29-30H2,(H2,46,56)(H,48,55,57). The molecule has 1 aromatic heterocycles. The van der Waals surface area contributed by atoms with E-state index in [1.54, 1.807) is 4.90 Å². The van der Waals surface area contributed by atoms with Crippen molar-refractivity contribution < 1.29 is 19.1 Å². The molecule has 13 heteroatoms. The number of nitrogens with zero attached hydrogens (tertiary/aromatic N) is 6. The maximum atomic E-state index is 12.9. The van der Waals surface area contributed by atoms with Gasteiger partial charge in [-0.2, -0.15) is 5.10 Å². The van der Waals surface area contributed by atoms with E-state index < -0.39 is 5.91 Å². The fraction of sp³-hybridized carbons (Fsp3) is 0.333. The normalized spacial score (nSPS) is 17.6. The van der Waals surface area contributed by atoms with Gasteiger partial charge in [0, 0.05) is 93.6 Å². The summed E-state index contributed by atoms with van der Waals surface area (Å²) in [7, 11) is 0. The van der Waals surface area contributed by atoms with E-state index in [0.717, 1.165) is 93.3 Å². The summed E-state index contributed by atoms with van der Waals surface area (Å²) in [5, 5.41) is 10.8. The van der Waals surface area contributed by atoms with Crippen LogP contribution in [-0.2, 0) is 24.4 Å². The van der Waals surface area contributed by atoms with Crippen molar-refractivity contribution in [2.45, 2.75) is 38.8 Å². The molecule has 0 saturated carbocycles. The molecule has 9 rings (SSSR count). The Morgan fingerprint density at radius 3 is 2.17 bits per heavy atom. The Morgan fingerprint density at radius 2 is 1.45 bits per heavy atom. The van der Waals surface area contributed by atoms with Gasteiger partial charge in [-0.1, -0.05) is 30.3 Å². The van der Waals surface area contributed by atoms with Crippen LogP contribution in [0, 0.1) is 5.92 Å². The van der Waals surface area contributed by atoms with Gasteiger partial charge in [0.05, 0.1) is 0 Å². The number of nitrogens with two attached hydrogens (primary N) is 1. The first kappa shape index (κ1) is 37.2. The lowest BCUT2D eigenvalue weighted by Gasteiger charge is -2.40. The number of hydrogen-bond donors (Lipinski definition) is 3. The number of hydrogen-bond acceptors (Lipinski definition) is 9. The molecule has 0 radical (unpaired) electrons. The van der Waals surface area contributed by atoms with Crippen molar-refractivity contribution in [2.24, 2.45) is 11.7 Å². The Bertz CT molecular complexity index is 2280. The number of nitrogens with one attached hydrogen (secondary N) is 2. The second-order valence-electron chi connectivity index (χ2n) is 15.7. The first-order valence-corrected chi connectivity index (χ1v) is 20.4. The predicted molar refractivity (Wildman–Crippen MR) is 226 cm³/mol. The van der Waals surface area contributed by atoms with Gasteiger partial charge in [-0.15, -0.1) is 0 Å². The molecule has 4 aliphatic heterocycles. The third kappa shape index (κ3) is 7.94. The summed E-state index contributed by atoms with van der Waals surface area (Å²) in [6, 6.07) is 32.0. The molecular weight excluding hydrogens is 731 g/mol. The summed E-state index contributed by atoms with van der Waals surface area (Å²) in [6.45, 7) is 8.70. The van der Waals surface area contributed by atoms with E-state index in [1.165, 1.54) is 16.9 Å². The molecule has 4 N–H and O–H groups in total. The number of piperidine rings is 1. The van der Waals surface area contributed by atoms with Crippen LogP contribution in [0.5, 0.6) is 5.75 Å². The molecule has 5 aromatic rings. The minimum Gasteiger partial charge on any atom is -0.489 e. The average Bonchev–Trinajstić information content (AvgIpc) is 3.52. The number of amides is 4. The molecule has 298 valence electrons. The quantitative estimate of drug-likeness (QED) is 0.155. The number of anilines is 5. The highest BCUT2D eigenvalue weighted by molar-refractivity contribution is 6.06. The van der Waals surface area contributed by atoms with Gasteiger partial charge in [-0.05, 0) is 103 Å². The number of carbonyl (C=O) groups excluding carboxylic acids is 3. The van der Waals surface area contributed by atoms with Crippen LogP contribution in [0.2, 0.25) is 0 Å². The number of piperazine rings is 1. The summed E-state index contributed by atoms with van der Waals surface area (Å²) in [5.41, 5.74) is 14.2. The number of benzene rings is 4. The van der Waals surface area contributed by atoms with Crippen molar-refractivity contribution in [2.75, 3.05) is 72.4 Å².